The molecule has 6 nitrogen and oxygen atoms in total. The van der Waals surface area contributed by atoms with Gasteiger partial charge in [0.2, 0.25) is 0 Å². The molecule has 0 radical (unpaired) electrons. The second kappa shape index (κ2) is 9.53. The number of amides is 1. The number of piperazine rings is 1. The Bertz CT molecular complexity index is 1100. The lowest BCUT2D eigenvalue weighted by Crippen LogP contribution is -2.48. The van der Waals surface area contributed by atoms with Crippen LogP contribution in [0.15, 0.2) is 48.5 Å². The van der Waals surface area contributed by atoms with Crippen LogP contribution in [-0.4, -0.2) is 54.4 Å². The predicted octanol–water partition coefficient (Wildman–Crippen LogP) is 4.68. The summed E-state index contributed by atoms with van der Waals surface area (Å²) in [5.41, 5.74) is 3.55. The van der Waals surface area contributed by atoms with Gasteiger partial charge in [0.15, 0.2) is 5.78 Å². The lowest BCUT2D eigenvalue weighted by molar-refractivity contribution is 0.0750. The zero-order valence-corrected chi connectivity index (χ0v) is 19.4. The molecule has 0 atom stereocenters. The number of nitrogens with zero attached hydrogens (tertiary/aromatic N) is 3. The molecule has 1 fully saturated rings. The first-order valence-corrected chi connectivity index (χ1v) is 11.6. The van der Waals surface area contributed by atoms with Crippen molar-refractivity contribution in [2.75, 3.05) is 37.7 Å². The van der Waals surface area contributed by atoms with Crippen molar-refractivity contribution in [2.45, 2.75) is 20.8 Å². The maximum absolute atomic E-state index is 13.2. The standard InChI is InChI=1S/C25H27N3O3S/c1-4-31-22-11-7-20(8-12-22)24-26-17(2)23(32-24)25(30)28-15-13-27(14-16-28)21-9-5-19(6-10-21)18(3)29/h5-12H,4,13-16H2,1-3H3. The number of aryl methyl sites for hydroxylation is 1. The minimum Gasteiger partial charge on any atom is -0.494 e. The van der Waals surface area contributed by atoms with Crippen LogP contribution in [0, 0.1) is 6.92 Å². The fraction of sp³-hybridized carbons (Fsp3) is 0.320. The molecule has 0 spiro atoms. The van der Waals surface area contributed by atoms with E-state index in [2.05, 4.69) is 9.88 Å². The lowest BCUT2D eigenvalue weighted by atomic mass is 10.1. The highest BCUT2D eigenvalue weighted by Gasteiger charge is 2.26. The highest BCUT2D eigenvalue weighted by Crippen LogP contribution is 2.30. The molecule has 0 saturated carbocycles. The van der Waals surface area contributed by atoms with Gasteiger partial charge in [-0.25, -0.2) is 4.98 Å². The van der Waals surface area contributed by atoms with E-state index in [0.717, 1.165) is 40.8 Å². The summed E-state index contributed by atoms with van der Waals surface area (Å²) in [5.74, 6) is 0.940. The zero-order valence-electron chi connectivity index (χ0n) is 18.6. The highest BCUT2D eigenvalue weighted by atomic mass is 32.1. The third-order valence-corrected chi connectivity index (χ3v) is 6.80. The number of rotatable bonds is 6. The summed E-state index contributed by atoms with van der Waals surface area (Å²) in [6.45, 7) is 8.89. The van der Waals surface area contributed by atoms with Crippen LogP contribution in [0.1, 0.15) is 39.6 Å². The molecule has 7 heteroatoms. The van der Waals surface area contributed by atoms with Gasteiger partial charge in [-0.1, -0.05) is 0 Å². The van der Waals surface area contributed by atoms with Gasteiger partial charge in [0.05, 0.1) is 12.3 Å². The number of carbonyl (C=O) groups is 2. The molecule has 1 aliphatic rings. The molecule has 32 heavy (non-hydrogen) atoms. The maximum atomic E-state index is 13.2. The number of hydrogen-bond acceptors (Lipinski definition) is 6. The van der Waals surface area contributed by atoms with Crippen molar-refractivity contribution in [1.82, 2.24) is 9.88 Å². The molecule has 2 heterocycles. The summed E-state index contributed by atoms with van der Waals surface area (Å²) < 4.78 is 5.50. The molecule has 1 aliphatic heterocycles. The van der Waals surface area contributed by atoms with Crippen LogP contribution < -0.4 is 9.64 Å². The Kier molecular flexibility index (Phi) is 6.55. The number of ether oxygens (including phenoxy) is 1. The average Bonchev–Trinajstić information content (AvgIpc) is 3.21. The molecular formula is C25H27N3O3S. The molecule has 1 amide bonds. The first-order chi connectivity index (χ1) is 15.5. The SMILES string of the molecule is CCOc1ccc(-c2nc(C)c(C(=O)N3CCN(c4ccc(C(C)=O)cc4)CC3)s2)cc1. The summed E-state index contributed by atoms with van der Waals surface area (Å²) >= 11 is 1.45. The number of Topliss-reactive ketones (excluding diaryl/α,β-unsaturated/α-hetero) is 1. The van der Waals surface area contributed by atoms with E-state index in [0.29, 0.717) is 30.1 Å². The highest BCUT2D eigenvalue weighted by molar-refractivity contribution is 7.17. The smallest absolute Gasteiger partial charge is 0.265 e. The van der Waals surface area contributed by atoms with E-state index < -0.39 is 0 Å². The largest absolute Gasteiger partial charge is 0.494 e. The first kappa shape index (κ1) is 22.0. The number of hydrogen-bond donors (Lipinski definition) is 0. The number of anilines is 1. The molecule has 0 unspecified atom stereocenters. The molecule has 0 aliphatic carbocycles. The quantitative estimate of drug-likeness (QED) is 0.511. The first-order valence-electron chi connectivity index (χ1n) is 10.8. The monoisotopic (exact) mass is 449 g/mol. The molecule has 0 bridgehead atoms. The second-order valence-corrected chi connectivity index (χ2v) is 8.77. The van der Waals surface area contributed by atoms with E-state index in [9.17, 15) is 9.59 Å². The maximum Gasteiger partial charge on any atom is 0.265 e. The molecule has 1 aromatic heterocycles. The lowest BCUT2D eigenvalue weighted by Gasteiger charge is -2.36. The Balaban J connectivity index is 1.41. The molecule has 0 N–H and O–H groups in total. The number of carbonyl (C=O) groups excluding carboxylic acids is 2. The minimum atomic E-state index is 0.0452. The number of benzene rings is 2. The zero-order chi connectivity index (χ0) is 22.7. The van der Waals surface area contributed by atoms with Crippen molar-refractivity contribution in [2.24, 2.45) is 0 Å². The molecule has 166 valence electrons. The summed E-state index contributed by atoms with van der Waals surface area (Å²) in [4.78, 5) is 34.2. The van der Waals surface area contributed by atoms with Crippen LogP contribution in [0.5, 0.6) is 5.75 Å². The van der Waals surface area contributed by atoms with E-state index in [4.69, 9.17) is 4.74 Å². The van der Waals surface area contributed by atoms with Gasteiger partial charge < -0.3 is 14.5 Å². The molecule has 3 aromatic rings. The van der Waals surface area contributed by atoms with Crippen molar-refractivity contribution in [3.05, 3.63) is 64.7 Å². The van der Waals surface area contributed by atoms with Crippen LogP contribution in [0.3, 0.4) is 0 Å². The molecule has 1 saturated heterocycles. The van der Waals surface area contributed by atoms with Crippen LogP contribution in [-0.2, 0) is 0 Å². The minimum absolute atomic E-state index is 0.0452. The van der Waals surface area contributed by atoms with Gasteiger partial charge in [-0.3, -0.25) is 9.59 Å². The Labute approximate surface area is 192 Å². The Morgan fingerprint density at radius 1 is 1.00 bits per heavy atom. The summed E-state index contributed by atoms with van der Waals surface area (Å²) in [7, 11) is 0. The molecule has 4 rings (SSSR count). The van der Waals surface area contributed by atoms with E-state index in [1.807, 2.05) is 67.3 Å². The second-order valence-electron chi connectivity index (χ2n) is 7.77. The van der Waals surface area contributed by atoms with Crippen molar-refractivity contribution < 1.29 is 14.3 Å². The van der Waals surface area contributed by atoms with E-state index in [1.54, 1.807) is 6.92 Å². The van der Waals surface area contributed by atoms with Gasteiger partial charge >= 0.3 is 0 Å². The Hall–Kier alpha value is -3.19. The van der Waals surface area contributed by atoms with Crippen LogP contribution in [0.4, 0.5) is 5.69 Å². The topological polar surface area (TPSA) is 62.7 Å². The summed E-state index contributed by atoms with van der Waals surface area (Å²) in [6, 6.07) is 15.5. The van der Waals surface area contributed by atoms with Crippen LogP contribution in [0.25, 0.3) is 10.6 Å². The van der Waals surface area contributed by atoms with Gasteiger partial charge in [0.25, 0.3) is 5.91 Å². The number of thiazole rings is 1. The predicted molar refractivity (Wildman–Crippen MR) is 128 cm³/mol. The normalized spacial score (nSPS) is 13.8. The van der Waals surface area contributed by atoms with Crippen molar-refractivity contribution >= 4 is 28.7 Å². The van der Waals surface area contributed by atoms with Gasteiger partial charge in [-0.15, -0.1) is 11.3 Å². The fourth-order valence-corrected chi connectivity index (χ4v) is 4.84. The molecular weight excluding hydrogens is 422 g/mol. The van der Waals surface area contributed by atoms with Crippen molar-refractivity contribution in [3.8, 4) is 16.3 Å². The summed E-state index contributed by atoms with van der Waals surface area (Å²) in [6.07, 6.45) is 0. The Morgan fingerprint density at radius 3 is 2.25 bits per heavy atom. The Morgan fingerprint density at radius 2 is 1.66 bits per heavy atom. The van der Waals surface area contributed by atoms with Crippen LogP contribution >= 0.6 is 11.3 Å². The third kappa shape index (κ3) is 4.67. The molecule has 2 aromatic carbocycles. The van der Waals surface area contributed by atoms with E-state index >= 15 is 0 Å². The number of ketones is 1. The van der Waals surface area contributed by atoms with Crippen LogP contribution in [0.2, 0.25) is 0 Å². The average molecular weight is 450 g/mol. The van der Waals surface area contributed by atoms with Gasteiger partial charge in [-0.05, 0) is 69.3 Å². The fourth-order valence-electron chi connectivity index (χ4n) is 3.80. The van der Waals surface area contributed by atoms with E-state index in [1.165, 1.54) is 11.3 Å². The van der Waals surface area contributed by atoms with Gasteiger partial charge in [-0.2, -0.15) is 0 Å². The van der Waals surface area contributed by atoms with E-state index in [-0.39, 0.29) is 11.7 Å². The van der Waals surface area contributed by atoms with Crippen molar-refractivity contribution in [1.29, 1.82) is 0 Å². The summed E-state index contributed by atoms with van der Waals surface area (Å²) in [5, 5.41) is 0.845. The van der Waals surface area contributed by atoms with Gasteiger partial charge in [0, 0.05) is 43.0 Å². The number of aromatic nitrogens is 1. The van der Waals surface area contributed by atoms with Crippen molar-refractivity contribution in [3.63, 3.8) is 0 Å². The third-order valence-electron chi connectivity index (χ3n) is 5.61. The van der Waals surface area contributed by atoms with Gasteiger partial charge in [0.1, 0.15) is 15.6 Å².